The lowest BCUT2D eigenvalue weighted by Gasteiger charge is -2.31. The first-order valence-corrected chi connectivity index (χ1v) is 7.83. The van der Waals surface area contributed by atoms with Crippen molar-refractivity contribution >= 4 is 0 Å². The fourth-order valence-electron chi connectivity index (χ4n) is 3.23. The first-order chi connectivity index (χ1) is 9.49. The van der Waals surface area contributed by atoms with Gasteiger partial charge in [0.2, 0.25) is 0 Å². The largest absolute Gasteiger partial charge is 0.380 e. The highest BCUT2D eigenvalue weighted by Crippen LogP contribution is 2.32. The van der Waals surface area contributed by atoms with Crippen molar-refractivity contribution in [1.29, 1.82) is 0 Å². The van der Waals surface area contributed by atoms with Gasteiger partial charge in [-0.1, -0.05) is 51.1 Å². The molecule has 1 aromatic rings. The Bertz CT molecular complexity index is 396. The zero-order valence-corrected chi connectivity index (χ0v) is 13.4. The number of benzene rings is 1. The fourth-order valence-corrected chi connectivity index (χ4v) is 3.23. The zero-order valence-electron chi connectivity index (χ0n) is 13.4. The van der Waals surface area contributed by atoms with Crippen molar-refractivity contribution in [3.8, 4) is 0 Å². The third-order valence-corrected chi connectivity index (χ3v) is 4.19. The molecule has 0 amide bonds. The van der Waals surface area contributed by atoms with Crippen LogP contribution in [0.5, 0.6) is 0 Å². The van der Waals surface area contributed by atoms with Gasteiger partial charge in [-0.25, -0.2) is 0 Å². The highest BCUT2D eigenvalue weighted by molar-refractivity contribution is 5.19. The molecule has 0 spiro atoms. The van der Waals surface area contributed by atoms with E-state index >= 15 is 0 Å². The average Bonchev–Trinajstić information content (AvgIpc) is 2.85. The summed E-state index contributed by atoms with van der Waals surface area (Å²) in [5.74, 6) is 0. The van der Waals surface area contributed by atoms with E-state index in [0.717, 1.165) is 6.42 Å². The van der Waals surface area contributed by atoms with E-state index in [4.69, 9.17) is 4.74 Å². The molecule has 1 fully saturated rings. The van der Waals surface area contributed by atoms with Crippen LogP contribution < -0.4 is 5.32 Å². The number of rotatable bonds is 5. The van der Waals surface area contributed by atoms with Crippen molar-refractivity contribution in [3.63, 3.8) is 0 Å². The first kappa shape index (κ1) is 15.5. The minimum atomic E-state index is 0.314. The van der Waals surface area contributed by atoms with Gasteiger partial charge in [0, 0.05) is 19.2 Å². The summed E-state index contributed by atoms with van der Waals surface area (Å²) in [5, 5.41) is 3.86. The Morgan fingerprint density at radius 2 is 1.90 bits per heavy atom. The molecule has 1 aromatic carbocycles. The number of hydrogen-bond donors (Lipinski definition) is 1. The van der Waals surface area contributed by atoms with Gasteiger partial charge in [-0.05, 0) is 36.7 Å². The molecular weight excluding hydrogens is 246 g/mol. The monoisotopic (exact) mass is 275 g/mol. The summed E-state index contributed by atoms with van der Waals surface area (Å²) in [6.07, 6.45) is 5.20. The molecule has 1 aliphatic rings. The summed E-state index contributed by atoms with van der Waals surface area (Å²) in [6, 6.07) is 11.7. The van der Waals surface area contributed by atoms with Gasteiger partial charge in [-0.3, -0.25) is 0 Å². The van der Waals surface area contributed by atoms with Gasteiger partial charge in [0.1, 0.15) is 0 Å². The van der Waals surface area contributed by atoms with Crippen LogP contribution in [0, 0.1) is 5.41 Å². The van der Waals surface area contributed by atoms with Crippen LogP contribution in [0.25, 0.3) is 0 Å². The average molecular weight is 275 g/mol. The van der Waals surface area contributed by atoms with Crippen LogP contribution in [0.2, 0.25) is 0 Å². The Labute approximate surface area is 123 Å². The lowest BCUT2D eigenvalue weighted by atomic mass is 9.85. The maximum absolute atomic E-state index is 5.63. The summed E-state index contributed by atoms with van der Waals surface area (Å²) in [7, 11) is 1.84. The summed E-state index contributed by atoms with van der Waals surface area (Å²) < 4.78 is 5.63. The number of hydrogen-bond acceptors (Lipinski definition) is 2. The van der Waals surface area contributed by atoms with Crippen molar-refractivity contribution in [3.05, 3.63) is 35.9 Å². The second-order valence-corrected chi connectivity index (χ2v) is 7.21. The maximum atomic E-state index is 5.63. The molecule has 2 nitrogen and oxygen atoms in total. The van der Waals surface area contributed by atoms with Crippen LogP contribution in [-0.4, -0.2) is 19.3 Å². The van der Waals surface area contributed by atoms with Crippen LogP contribution >= 0.6 is 0 Å². The summed E-state index contributed by atoms with van der Waals surface area (Å²) in [4.78, 5) is 0. The minimum Gasteiger partial charge on any atom is -0.380 e. The zero-order chi connectivity index (χ0) is 14.6. The Balaban J connectivity index is 2.10. The highest BCUT2D eigenvalue weighted by Gasteiger charge is 2.30. The third-order valence-electron chi connectivity index (χ3n) is 4.19. The molecule has 0 aliphatic heterocycles. The molecule has 1 saturated carbocycles. The summed E-state index contributed by atoms with van der Waals surface area (Å²) in [5.41, 5.74) is 1.71. The Morgan fingerprint density at radius 1 is 1.20 bits per heavy atom. The van der Waals surface area contributed by atoms with Gasteiger partial charge < -0.3 is 10.1 Å². The highest BCUT2D eigenvalue weighted by atomic mass is 16.5. The molecule has 20 heavy (non-hydrogen) atoms. The van der Waals surface area contributed by atoms with E-state index in [1.807, 2.05) is 7.11 Å². The van der Waals surface area contributed by atoms with Gasteiger partial charge in [-0.2, -0.15) is 0 Å². The van der Waals surface area contributed by atoms with Crippen LogP contribution in [0.15, 0.2) is 30.3 Å². The van der Waals surface area contributed by atoms with E-state index in [1.54, 1.807) is 0 Å². The second-order valence-electron chi connectivity index (χ2n) is 7.21. The SMILES string of the molecule is COC1CCCC1NC(CC(C)(C)C)c1ccccc1. The van der Waals surface area contributed by atoms with E-state index in [1.165, 1.54) is 24.8 Å². The lowest BCUT2D eigenvalue weighted by molar-refractivity contribution is 0.0787. The van der Waals surface area contributed by atoms with E-state index in [9.17, 15) is 0 Å². The Morgan fingerprint density at radius 3 is 2.50 bits per heavy atom. The molecule has 0 aromatic heterocycles. The topological polar surface area (TPSA) is 21.3 Å². The molecule has 1 aliphatic carbocycles. The maximum Gasteiger partial charge on any atom is 0.0724 e. The molecule has 0 saturated heterocycles. The number of ether oxygens (including phenoxy) is 1. The van der Waals surface area contributed by atoms with Crippen LogP contribution in [0.3, 0.4) is 0 Å². The molecule has 1 N–H and O–H groups in total. The molecule has 112 valence electrons. The van der Waals surface area contributed by atoms with Gasteiger partial charge in [0.25, 0.3) is 0 Å². The van der Waals surface area contributed by atoms with Crippen LogP contribution in [-0.2, 0) is 4.74 Å². The van der Waals surface area contributed by atoms with Crippen LogP contribution in [0.4, 0.5) is 0 Å². The normalized spacial score (nSPS) is 24.8. The first-order valence-electron chi connectivity index (χ1n) is 7.83. The van der Waals surface area contributed by atoms with Crippen molar-refractivity contribution in [2.75, 3.05) is 7.11 Å². The Hall–Kier alpha value is -0.860. The van der Waals surface area contributed by atoms with Gasteiger partial charge in [0.15, 0.2) is 0 Å². The second kappa shape index (κ2) is 6.73. The molecule has 0 heterocycles. The van der Waals surface area contributed by atoms with Crippen molar-refractivity contribution in [2.45, 2.75) is 64.6 Å². The molecule has 2 heteroatoms. The van der Waals surface area contributed by atoms with Crippen molar-refractivity contribution < 1.29 is 4.74 Å². The molecule has 2 rings (SSSR count). The minimum absolute atomic E-state index is 0.314. The van der Waals surface area contributed by atoms with E-state index < -0.39 is 0 Å². The molecular formula is C18H29NO. The molecule has 0 radical (unpaired) electrons. The van der Waals surface area contributed by atoms with Crippen molar-refractivity contribution in [2.24, 2.45) is 5.41 Å². The van der Waals surface area contributed by atoms with Crippen LogP contribution in [0.1, 0.15) is 58.1 Å². The predicted molar refractivity (Wildman–Crippen MR) is 84.8 cm³/mol. The molecule has 3 atom stereocenters. The van der Waals surface area contributed by atoms with Gasteiger partial charge in [0.05, 0.1) is 6.10 Å². The lowest BCUT2D eigenvalue weighted by Crippen LogP contribution is -2.40. The van der Waals surface area contributed by atoms with E-state index in [0.29, 0.717) is 23.6 Å². The van der Waals surface area contributed by atoms with Crippen molar-refractivity contribution in [1.82, 2.24) is 5.32 Å². The molecule has 0 bridgehead atoms. The fraction of sp³-hybridized carbons (Fsp3) is 0.667. The quantitative estimate of drug-likeness (QED) is 0.864. The van der Waals surface area contributed by atoms with Gasteiger partial charge >= 0.3 is 0 Å². The standard InChI is InChI=1S/C18H29NO/c1-18(2,3)13-16(14-9-6-5-7-10-14)19-15-11-8-12-17(15)20-4/h5-7,9-10,15-17,19H,8,11-13H2,1-4H3. The van der Waals surface area contributed by atoms with E-state index in [-0.39, 0.29) is 0 Å². The summed E-state index contributed by atoms with van der Waals surface area (Å²) >= 11 is 0. The smallest absolute Gasteiger partial charge is 0.0724 e. The number of nitrogens with one attached hydrogen (secondary N) is 1. The molecule has 3 unspecified atom stereocenters. The van der Waals surface area contributed by atoms with Gasteiger partial charge in [-0.15, -0.1) is 0 Å². The van der Waals surface area contributed by atoms with E-state index in [2.05, 4.69) is 56.4 Å². The predicted octanol–water partition coefficient (Wildman–Crippen LogP) is 4.32. The summed E-state index contributed by atoms with van der Waals surface area (Å²) in [6.45, 7) is 6.94. The Kier molecular flexibility index (Phi) is 5.22. The number of methoxy groups -OCH3 is 1. The third kappa shape index (κ3) is 4.32.